The standard InChI is InChI=1S/C17H28BrN3O2S.HI/c1-17(2,10-11-24(5,22)23)13-20-16(19-3)21(4)12-14-6-8-15(18)9-7-14;/h6-9H,10-13H2,1-5H3,(H,19,20);1H. The van der Waals surface area contributed by atoms with E-state index >= 15 is 0 Å². The highest BCUT2D eigenvalue weighted by Gasteiger charge is 2.21. The fraction of sp³-hybridized carbons (Fsp3) is 0.588. The van der Waals surface area contributed by atoms with Crippen LogP contribution in [0.5, 0.6) is 0 Å². The number of guanidine groups is 1. The van der Waals surface area contributed by atoms with Crippen molar-refractivity contribution in [1.29, 1.82) is 0 Å². The molecular formula is C17H29BrIN3O2S. The molecule has 1 N–H and O–H groups in total. The van der Waals surface area contributed by atoms with Gasteiger partial charge in [-0.15, -0.1) is 24.0 Å². The quantitative estimate of drug-likeness (QED) is 0.323. The van der Waals surface area contributed by atoms with Gasteiger partial charge in [-0.3, -0.25) is 4.99 Å². The van der Waals surface area contributed by atoms with E-state index in [-0.39, 0.29) is 35.1 Å². The third-order valence-corrected chi connectivity index (χ3v) is 5.26. The molecule has 0 aliphatic rings. The summed E-state index contributed by atoms with van der Waals surface area (Å²) in [5.74, 6) is 1.00. The van der Waals surface area contributed by atoms with E-state index in [1.54, 1.807) is 7.05 Å². The molecule has 8 heteroatoms. The van der Waals surface area contributed by atoms with Crippen molar-refractivity contribution in [3.05, 3.63) is 34.3 Å². The van der Waals surface area contributed by atoms with Crippen LogP contribution in [0, 0.1) is 5.41 Å². The van der Waals surface area contributed by atoms with Crippen LogP contribution >= 0.6 is 39.9 Å². The van der Waals surface area contributed by atoms with Gasteiger partial charge in [0.25, 0.3) is 0 Å². The Balaban J connectivity index is 0.00000576. The summed E-state index contributed by atoms with van der Waals surface area (Å²) in [6, 6.07) is 8.19. The maximum atomic E-state index is 11.4. The average Bonchev–Trinajstić information content (AvgIpc) is 2.48. The number of sulfone groups is 1. The lowest BCUT2D eigenvalue weighted by atomic mass is 9.90. The monoisotopic (exact) mass is 545 g/mol. The molecule has 25 heavy (non-hydrogen) atoms. The van der Waals surface area contributed by atoms with Gasteiger partial charge in [-0.25, -0.2) is 8.42 Å². The minimum Gasteiger partial charge on any atom is -0.356 e. The fourth-order valence-corrected chi connectivity index (χ4v) is 3.38. The van der Waals surface area contributed by atoms with Gasteiger partial charge in [0.2, 0.25) is 0 Å². The molecule has 0 radical (unpaired) electrons. The molecule has 1 rings (SSSR count). The van der Waals surface area contributed by atoms with E-state index in [1.165, 1.54) is 11.8 Å². The van der Waals surface area contributed by atoms with Crippen LogP contribution in [0.1, 0.15) is 25.8 Å². The molecule has 0 atom stereocenters. The molecule has 0 saturated heterocycles. The number of benzene rings is 1. The minimum atomic E-state index is -2.93. The minimum absolute atomic E-state index is 0. The van der Waals surface area contributed by atoms with Crippen LogP contribution in [-0.2, 0) is 16.4 Å². The number of halogens is 2. The van der Waals surface area contributed by atoms with E-state index < -0.39 is 9.84 Å². The van der Waals surface area contributed by atoms with Gasteiger partial charge < -0.3 is 10.2 Å². The Morgan fingerprint density at radius 3 is 2.32 bits per heavy atom. The smallest absolute Gasteiger partial charge is 0.193 e. The summed E-state index contributed by atoms with van der Waals surface area (Å²) in [6.45, 7) is 5.54. The second kappa shape index (κ2) is 10.7. The van der Waals surface area contributed by atoms with Crippen molar-refractivity contribution in [3.8, 4) is 0 Å². The van der Waals surface area contributed by atoms with Crippen LogP contribution in [0.4, 0.5) is 0 Å². The SMILES string of the molecule is CN=C(NCC(C)(C)CCS(C)(=O)=O)N(C)Cc1ccc(Br)cc1.I. The highest BCUT2D eigenvalue weighted by Crippen LogP contribution is 2.20. The average molecular weight is 546 g/mol. The van der Waals surface area contributed by atoms with Gasteiger partial charge in [0.05, 0.1) is 5.75 Å². The number of hydrogen-bond donors (Lipinski definition) is 1. The fourth-order valence-electron chi connectivity index (χ4n) is 2.19. The first-order chi connectivity index (χ1) is 11.0. The third-order valence-electron chi connectivity index (χ3n) is 3.78. The molecule has 0 unspecified atom stereocenters. The van der Waals surface area contributed by atoms with Crippen molar-refractivity contribution in [2.75, 3.05) is 32.6 Å². The van der Waals surface area contributed by atoms with Gasteiger partial charge in [-0.1, -0.05) is 41.9 Å². The van der Waals surface area contributed by atoms with Crippen LogP contribution < -0.4 is 5.32 Å². The van der Waals surface area contributed by atoms with Crippen molar-refractivity contribution in [3.63, 3.8) is 0 Å². The van der Waals surface area contributed by atoms with E-state index in [2.05, 4.69) is 57.1 Å². The summed E-state index contributed by atoms with van der Waals surface area (Å²) >= 11 is 3.44. The first kappa shape index (κ1) is 24.7. The maximum Gasteiger partial charge on any atom is 0.193 e. The Kier molecular flexibility index (Phi) is 10.6. The third kappa shape index (κ3) is 10.4. The summed E-state index contributed by atoms with van der Waals surface area (Å²) in [6.07, 6.45) is 1.90. The lowest BCUT2D eigenvalue weighted by molar-refractivity contribution is 0.340. The molecule has 0 fully saturated rings. The number of aliphatic imine (C=N–C) groups is 1. The largest absolute Gasteiger partial charge is 0.356 e. The molecule has 0 aromatic heterocycles. The zero-order valence-electron chi connectivity index (χ0n) is 15.5. The van der Waals surface area contributed by atoms with Gasteiger partial charge in [-0.05, 0) is 29.5 Å². The van der Waals surface area contributed by atoms with Crippen molar-refractivity contribution in [2.45, 2.75) is 26.8 Å². The molecule has 0 aliphatic carbocycles. The zero-order chi connectivity index (χ0) is 18.4. The normalized spacial score (nSPS) is 12.5. The molecule has 0 aliphatic heterocycles. The number of nitrogens with one attached hydrogen (secondary N) is 1. The first-order valence-electron chi connectivity index (χ1n) is 7.86. The molecular weight excluding hydrogens is 517 g/mol. The van der Waals surface area contributed by atoms with Crippen LogP contribution in [-0.4, -0.2) is 51.9 Å². The highest BCUT2D eigenvalue weighted by atomic mass is 127. The Bertz CT molecular complexity index is 661. The van der Waals surface area contributed by atoms with Gasteiger partial charge >= 0.3 is 0 Å². The van der Waals surface area contributed by atoms with Gasteiger partial charge in [0, 0.05) is 37.9 Å². The van der Waals surface area contributed by atoms with E-state index in [0.29, 0.717) is 13.0 Å². The van der Waals surface area contributed by atoms with E-state index in [0.717, 1.165) is 17.0 Å². The topological polar surface area (TPSA) is 61.8 Å². The van der Waals surface area contributed by atoms with E-state index in [1.807, 2.05) is 19.2 Å². The first-order valence-corrected chi connectivity index (χ1v) is 10.7. The zero-order valence-corrected chi connectivity index (χ0v) is 20.3. The second-order valence-corrected chi connectivity index (χ2v) is 10.1. The molecule has 0 heterocycles. The Hall–Kier alpha value is -0.350. The summed E-state index contributed by atoms with van der Waals surface area (Å²) in [5.41, 5.74) is 1.07. The molecule has 1 aromatic carbocycles. The molecule has 0 amide bonds. The van der Waals surface area contributed by atoms with Crippen LogP contribution in [0.2, 0.25) is 0 Å². The van der Waals surface area contributed by atoms with Crippen molar-refractivity contribution in [2.24, 2.45) is 10.4 Å². The Morgan fingerprint density at radius 1 is 1.28 bits per heavy atom. The second-order valence-electron chi connectivity index (χ2n) is 6.93. The summed E-state index contributed by atoms with van der Waals surface area (Å²) in [7, 11) is 0.807. The van der Waals surface area contributed by atoms with Crippen molar-refractivity contribution >= 4 is 55.7 Å². The Morgan fingerprint density at radius 2 is 1.84 bits per heavy atom. The maximum absolute atomic E-state index is 11.4. The highest BCUT2D eigenvalue weighted by molar-refractivity contribution is 14.0. The van der Waals surface area contributed by atoms with Gasteiger partial charge in [-0.2, -0.15) is 0 Å². The van der Waals surface area contributed by atoms with Crippen molar-refractivity contribution < 1.29 is 8.42 Å². The number of hydrogen-bond acceptors (Lipinski definition) is 3. The number of rotatable bonds is 7. The molecule has 1 aromatic rings. The number of nitrogens with zero attached hydrogens (tertiary/aromatic N) is 2. The predicted molar refractivity (Wildman–Crippen MR) is 120 cm³/mol. The van der Waals surface area contributed by atoms with Crippen LogP contribution in [0.3, 0.4) is 0 Å². The van der Waals surface area contributed by atoms with E-state index in [9.17, 15) is 8.42 Å². The molecule has 0 bridgehead atoms. The molecule has 5 nitrogen and oxygen atoms in total. The predicted octanol–water partition coefficient (Wildman–Crippen LogP) is 3.54. The summed E-state index contributed by atoms with van der Waals surface area (Å²) in [4.78, 5) is 6.37. The van der Waals surface area contributed by atoms with Crippen LogP contribution in [0.25, 0.3) is 0 Å². The van der Waals surface area contributed by atoms with E-state index in [4.69, 9.17) is 0 Å². The Labute approximate surface area is 177 Å². The molecule has 0 saturated carbocycles. The van der Waals surface area contributed by atoms with Crippen molar-refractivity contribution in [1.82, 2.24) is 10.2 Å². The lowest BCUT2D eigenvalue weighted by Gasteiger charge is -2.28. The lowest BCUT2D eigenvalue weighted by Crippen LogP contribution is -2.43. The van der Waals surface area contributed by atoms with Gasteiger partial charge in [0.15, 0.2) is 5.96 Å². The molecule has 144 valence electrons. The summed E-state index contributed by atoms with van der Waals surface area (Å²) < 4.78 is 23.8. The van der Waals surface area contributed by atoms with Gasteiger partial charge in [0.1, 0.15) is 9.84 Å². The molecule has 0 spiro atoms. The van der Waals surface area contributed by atoms with Crippen LogP contribution in [0.15, 0.2) is 33.7 Å². The summed E-state index contributed by atoms with van der Waals surface area (Å²) in [5, 5.41) is 3.35.